The van der Waals surface area contributed by atoms with Crippen LogP contribution in [-0.4, -0.2) is 59.7 Å². The SMILES string of the molecule is CN=C(NO)c1ccc(CC(NC(=O)OC(C)(C)C)C(=O)N2CCCCC2)cc1. The molecule has 0 bridgehead atoms. The summed E-state index contributed by atoms with van der Waals surface area (Å²) in [6.07, 6.45) is 2.82. The van der Waals surface area contributed by atoms with E-state index in [0.29, 0.717) is 25.3 Å². The molecule has 1 saturated heterocycles. The number of benzene rings is 1. The van der Waals surface area contributed by atoms with E-state index in [1.165, 1.54) is 0 Å². The molecular formula is C21H32N4O4. The zero-order chi connectivity index (χ0) is 21.4. The number of nitrogens with zero attached hydrogens (tertiary/aromatic N) is 2. The minimum Gasteiger partial charge on any atom is -0.444 e. The number of alkyl carbamates (subject to hydrolysis) is 1. The lowest BCUT2D eigenvalue weighted by molar-refractivity contribution is -0.134. The summed E-state index contributed by atoms with van der Waals surface area (Å²) in [6, 6.07) is 6.60. The molecule has 1 aliphatic heterocycles. The second kappa shape index (κ2) is 10.2. The van der Waals surface area contributed by atoms with Gasteiger partial charge in [0.15, 0.2) is 5.84 Å². The number of carbonyl (C=O) groups is 2. The van der Waals surface area contributed by atoms with Gasteiger partial charge in [-0.05, 0) is 45.6 Å². The predicted octanol–water partition coefficient (Wildman–Crippen LogP) is 2.49. The molecule has 0 aliphatic carbocycles. The zero-order valence-corrected chi connectivity index (χ0v) is 17.7. The number of hydrogen-bond donors (Lipinski definition) is 3. The molecule has 160 valence electrons. The fraction of sp³-hybridized carbons (Fsp3) is 0.571. The molecule has 3 N–H and O–H groups in total. The molecule has 1 fully saturated rings. The summed E-state index contributed by atoms with van der Waals surface area (Å²) in [6.45, 7) is 6.78. The van der Waals surface area contributed by atoms with Crippen LogP contribution >= 0.6 is 0 Å². The Labute approximate surface area is 172 Å². The Bertz CT molecular complexity index is 719. The van der Waals surface area contributed by atoms with Crippen LogP contribution in [0.3, 0.4) is 0 Å². The summed E-state index contributed by atoms with van der Waals surface area (Å²) in [5.41, 5.74) is 3.01. The first-order valence-electron chi connectivity index (χ1n) is 9.98. The van der Waals surface area contributed by atoms with E-state index in [2.05, 4.69) is 15.8 Å². The van der Waals surface area contributed by atoms with Crippen molar-refractivity contribution in [1.82, 2.24) is 15.7 Å². The van der Waals surface area contributed by atoms with Gasteiger partial charge in [-0.1, -0.05) is 24.3 Å². The maximum atomic E-state index is 13.1. The molecule has 1 aromatic carbocycles. The summed E-state index contributed by atoms with van der Waals surface area (Å²) in [5.74, 6) is 0.261. The van der Waals surface area contributed by atoms with Crippen LogP contribution in [0.5, 0.6) is 0 Å². The average Bonchev–Trinajstić information content (AvgIpc) is 2.68. The molecule has 8 heteroatoms. The Balaban J connectivity index is 2.15. The number of amidine groups is 1. The number of aliphatic imine (C=N–C) groups is 1. The number of nitrogens with one attached hydrogen (secondary N) is 2. The van der Waals surface area contributed by atoms with Crippen molar-refractivity contribution in [1.29, 1.82) is 0 Å². The van der Waals surface area contributed by atoms with Gasteiger partial charge < -0.3 is 15.0 Å². The normalized spacial score (nSPS) is 16.2. The minimum atomic E-state index is -0.705. The lowest BCUT2D eigenvalue weighted by atomic mass is 10.0. The van der Waals surface area contributed by atoms with Crippen molar-refractivity contribution in [2.75, 3.05) is 20.1 Å². The Morgan fingerprint density at radius 3 is 2.31 bits per heavy atom. The van der Waals surface area contributed by atoms with Gasteiger partial charge in [0.2, 0.25) is 5.91 Å². The maximum absolute atomic E-state index is 13.1. The van der Waals surface area contributed by atoms with Gasteiger partial charge in [-0.3, -0.25) is 20.5 Å². The number of rotatable bonds is 5. The molecule has 8 nitrogen and oxygen atoms in total. The molecule has 0 radical (unpaired) electrons. The Morgan fingerprint density at radius 1 is 1.17 bits per heavy atom. The monoisotopic (exact) mass is 404 g/mol. The number of likely N-dealkylation sites (tertiary alicyclic amines) is 1. The molecule has 1 heterocycles. The van der Waals surface area contributed by atoms with E-state index in [1.54, 1.807) is 40.0 Å². The van der Waals surface area contributed by atoms with Crippen LogP contribution in [0.4, 0.5) is 4.79 Å². The molecule has 1 unspecified atom stereocenters. The van der Waals surface area contributed by atoms with Gasteiger partial charge in [-0.25, -0.2) is 4.79 Å². The highest BCUT2D eigenvalue weighted by Gasteiger charge is 2.29. The van der Waals surface area contributed by atoms with Crippen molar-refractivity contribution in [3.05, 3.63) is 35.4 Å². The van der Waals surface area contributed by atoms with Crippen molar-refractivity contribution in [3.8, 4) is 0 Å². The second-order valence-corrected chi connectivity index (χ2v) is 8.17. The van der Waals surface area contributed by atoms with Crippen molar-refractivity contribution in [3.63, 3.8) is 0 Å². The molecule has 1 aliphatic rings. The predicted molar refractivity (Wildman–Crippen MR) is 111 cm³/mol. The molecule has 0 aromatic heterocycles. The number of ether oxygens (including phenoxy) is 1. The molecule has 2 amide bonds. The van der Waals surface area contributed by atoms with E-state index >= 15 is 0 Å². The fourth-order valence-electron chi connectivity index (χ4n) is 3.26. The standard InChI is InChI=1S/C21H32N4O4/c1-21(2,3)29-20(27)23-17(19(26)25-12-6-5-7-13-25)14-15-8-10-16(11-9-15)18(22-4)24-28/h8-11,17,28H,5-7,12-14H2,1-4H3,(H,22,24)(H,23,27). The molecule has 0 saturated carbocycles. The van der Waals surface area contributed by atoms with Gasteiger partial charge in [0, 0.05) is 32.1 Å². The summed E-state index contributed by atoms with van der Waals surface area (Å²) in [5, 5.41) is 11.9. The van der Waals surface area contributed by atoms with E-state index in [-0.39, 0.29) is 5.91 Å². The number of amides is 2. The second-order valence-electron chi connectivity index (χ2n) is 8.17. The van der Waals surface area contributed by atoms with Crippen LogP contribution in [0.1, 0.15) is 51.2 Å². The Morgan fingerprint density at radius 2 is 1.79 bits per heavy atom. The lowest BCUT2D eigenvalue weighted by Crippen LogP contribution is -2.51. The first kappa shape index (κ1) is 22.7. The van der Waals surface area contributed by atoms with E-state index in [4.69, 9.17) is 9.94 Å². The van der Waals surface area contributed by atoms with Gasteiger partial charge in [-0.2, -0.15) is 0 Å². The van der Waals surface area contributed by atoms with Crippen LogP contribution in [0.25, 0.3) is 0 Å². The summed E-state index contributed by atoms with van der Waals surface area (Å²) in [4.78, 5) is 31.1. The maximum Gasteiger partial charge on any atom is 0.408 e. The topological polar surface area (TPSA) is 103 Å². The Hall–Kier alpha value is -2.61. The van der Waals surface area contributed by atoms with Crippen molar-refractivity contribution >= 4 is 17.8 Å². The molecule has 0 spiro atoms. The van der Waals surface area contributed by atoms with Gasteiger partial charge in [0.05, 0.1) is 0 Å². The lowest BCUT2D eigenvalue weighted by Gasteiger charge is -2.31. The highest BCUT2D eigenvalue weighted by Crippen LogP contribution is 2.14. The molecule has 29 heavy (non-hydrogen) atoms. The molecular weight excluding hydrogens is 372 g/mol. The minimum absolute atomic E-state index is 0.0903. The van der Waals surface area contributed by atoms with Crippen LogP contribution in [-0.2, 0) is 16.0 Å². The molecule has 1 atom stereocenters. The third-order valence-corrected chi connectivity index (χ3v) is 4.65. The summed E-state index contributed by atoms with van der Waals surface area (Å²) >= 11 is 0. The first-order valence-corrected chi connectivity index (χ1v) is 9.98. The molecule has 2 rings (SSSR count). The van der Waals surface area contributed by atoms with Crippen molar-refractivity contribution < 1.29 is 19.5 Å². The number of hydroxylamine groups is 1. The van der Waals surface area contributed by atoms with E-state index in [0.717, 1.165) is 30.4 Å². The van der Waals surface area contributed by atoms with Crippen LogP contribution in [0.2, 0.25) is 0 Å². The highest BCUT2D eigenvalue weighted by molar-refractivity contribution is 5.97. The smallest absolute Gasteiger partial charge is 0.408 e. The number of hydrogen-bond acceptors (Lipinski definition) is 5. The summed E-state index contributed by atoms with van der Waals surface area (Å²) in [7, 11) is 1.57. The third-order valence-electron chi connectivity index (χ3n) is 4.65. The third kappa shape index (κ3) is 7.05. The number of piperidine rings is 1. The van der Waals surface area contributed by atoms with Gasteiger partial charge >= 0.3 is 6.09 Å². The highest BCUT2D eigenvalue weighted by atomic mass is 16.6. The van der Waals surface area contributed by atoms with Crippen LogP contribution < -0.4 is 10.8 Å². The van der Waals surface area contributed by atoms with Crippen LogP contribution in [0, 0.1) is 0 Å². The van der Waals surface area contributed by atoms with Gasteiger partial charge in [0.1, 0.15) is 11.6 Å². The van der Waals surface area contributed by atoms with Crippen molar-refractivity contribution in [2.24, 2.45) is 4.99 Å². The van der Waals surface area contributed by atoms with E-state index in [9.17, 15) is 9.59 Å². The molecule has 1 aromatic rings. The first-order chi connectivity index (χ1) is 13.7. The fourth-order valence-corrected chi connectivity index (χ4v) is 3.26. The number of carbonyl (C=O) groups excluding carboxylic acids is 2. The average molecular weight is 405 g/mol. The quantitative estimate of drug-likeness (QED) is 0.397. The van der Waals surface area contributed by atoms with E-state index < -0.39 is 17.7 Å². The van der Waals surface area contributed by atoms with E-state index in [1.807, 2.05) is 17.0 Å². The Kier molecular flexibility index (Phi) is 8.01. The van der Waals surface area contributed by atoms with Gasteiger partial charge in [0.25, 0.3) is 0 Å². The van der Waals surface area contributed by atoms with Gasteiger partial charge in [-0.15, -0.1) is 0 Å². The zero-order valence-electron chi connectivity index (χ0n) is 17.7. The summed E-state index contributed by atoms with van der Waals surface area (Å²) < 4.78 is 5.35. The van der Waals surface area contributed by atoms with Crippen LogP contribution in [0.15, 0.2) is 29.3 Å². The largest absolute Gasteiger partial charge is 0.444 e. The van der Waals surface area contributed by atoms with Crippen molar-refractivity contribution in [2.45, 2.75) is 58.1 Å².